The third-order valence-corrected chi connectivity index (χ3v) is 4.57. The highest BCUT2D eigenvalue weighted by Crippen LogP contribution is 2.34. The van der Waals surface area contributed by atoms with E-state index in [0.29, 0.717) is 5.92 Å². The van der Waals surface area contributed by atoms with E-state index in [4.69, 9.17) is 4.98 Å². The van der Waals surface area contributed by atoms with Crippen LogP contribution in [0.4, 0.5) is 0 Å². The minimum absolute atomic E-state index is 0.669. The van der Waals surface area contributed by atoms with Gasteiger partial charge < -0.3 is 0 Å². The Kier molecular flexibility index (Phi) is 2.46. The molecule has 0 fully saturated rings. The second-order valence-corrected chi connectivity index (χ2v) is 5.53. The van der Waals surface area contributed by atoms with Crippen LogP contribution in [0.3, 0.4) is 0 Å². The fraction of sp³-hybridized carbons (Fsp3) is 0.667. The fourth-order valence-electron chi connectivity index (χ4n) is 2.60. The maximum Gasteiger partial charge on any atom is 0.212 e. The number of aryl methyl sites for hydroxylation is 2. The van der Waals surface area contributed by atoms with Gasteiger partial charge in [-0.05, 0) is 32.1 Å². The predicted octanol–water partition coefficient (Wildman–Crippen LogP) is 3.18. The second kappa shape index (κ2) is 3.84. The van der Waals surface area contributed by atoms with Crippen molar-refractivity contribution < 1.29 is 0 Å². The Morgan fingerprint density at radius 3 is 3.06 bits per heavy atom. The average molecular weight is 235 g/mol. The van der Waals surface area contributed by atoms with Gasteiger partial charge in [-0.3, -0.25) is 0 Å². The quantitative estimate of drug-likeness (QED) is 0.800. The molecule has 1 aliphatic rings. The van der Waals surface area contributed by atoms with Gasteiger partial charge in [-0.2, -0.15) is 5.10 Å². The first-order valence-electron chi connectivity index (χ1n) is 6.20. The molecule has 16 heavy (non-hydrogen) atoms. The van der Waals surface area contributed by atoms with Crippen LogP contribution in [0, 0.1) is 0 Å². The average Bonchev–Trinajstić information content (AvgIpc) is 2.85. The summed E-state index contributed by atoms with van der Waals surface area (Å²) in [6.45, 7) is 4.41. The maximum absolute atomic E-state index is 4.79. The van der Waals surface area contributed by atoms with Gasteiger partial charge >= 0.3 is 0 Å². The highest BCUT2D eigenvalue weighted by molar-refractivity contribution is 7.16. The van der Waals surface area contributed by atoms with Crippen LogP contribution in [0.1, 0.15) is 55.4 Å². The number of rotatable bonds is 2. The lowest BCUT2D eigenvalue weighted by atomic mass is 9.88. The van der Waals surface area contributed by atoms with Crippen molar-refractivity contribution >= 4 is 16.3 Å². The summed E-state index contributed by atoms with van der Waals surface area (Å²) in [6.07, 6.45) is 5.96. The molecule has 0 N–H and O–H groups in total. The maximum atomic E-state index is 4.79. The van der Waals surface area contributed by atoms with E-state index in [0.717, 1.165) is 17.8 Å². The van der Waals surface area contributed by atoms with Crippen LogP contribution in [0.2, 0.25) is 0 Å². The number of hydrogen-bond acceptors (Lipinski definition) is 3. The number of imidazole rings is 1. The molecule has 0 amide bonds. The van der Waals surface area contributed by atoms with Crippen molar-refractivity contribution in [3.8, 4) is 0 Å². The summed E-state index contributed by atoms with van der Waals surface area (Å²) in [5, 5.41) is 5.84. The molecule has 0 aliphatic heterocycles. The van der Waals surface area contributed by atoms with Crippen molar-refractivity contribution in [1.29, 1.82) is 0 Å². The third-order valence-electron chi connectivity index (χ3n) is 3.52. The van der Waals surface area contributed by atoms with Gasteiger partial charge in [0.2, 0.25) is 4.96 Å². The van der Waals surface area contributed by atoms with E-state index in [2.05, 4.69) is 23.5 Å². The van der Waals surface area contributed by atoms with Crippen LogP contribution < -0.4 is 0 Å². The number of aromatic nitrogens is 3. The summed E-state index contributed by atoms with van der Waals surface area (Å²) in [4.78, 5) is 5.89. The first kappa shape index (κ1) is 10.3. The van der Waals surface area contributed by atoms with Crippen LogP contribution in [0.25, 0.3) is 4.96 Å². The first-order valence-corrected chi connectivity index (χ1v) is 7.02. The summed E-state index contributed by atoms with van der Waals surface area (Å²) in [6, 6.07) is 0. The Bertz CT molecular complexity index is 512. The fourth-order valence-corrected chi connectivity index (χ4v) is 3.46. The van der Waals surface area contributed by atoms with E-state index in [1.54, 1.807) is 11.3 Å². The number of nitrogens with zero attached hydrogens (tertiary/aromatic N) is 3. The lowest BCUT2D eigenvalue weighted by molar-refractivity contribution is 0.520. The van der Waals surface area contributed by atoms with E-state index in [1.165, 1.54) is 35.7 Å². The lowest BCUT2D eigenvalue weighted by Gasteiger charge is -2.19. The van der Waals surface area contributed by atoms with Crippen molar-refractivity contribution in [2.45, 2.75) is 51.9 Å². The standard InChI is InChI=1S/C12H17N3S/c1-3-8-6-5-7-9-11(8)13-12-15(9)14-10(4-2)16-12/h8H,3-7H2,1-2H3. The van der Waals surface area contributed by atoms with Crippen LogP contribution in [0.5, 0.6) is 0 Å². The van der Waals surface area contributed by atoms with Gasteiger partial charge in [0.25, 0.3) is 0 Å². The molecular formula is C12H17N3S. The van der Waals surface area contributed by atoms with Gasteiger partial charge in [0.1, 0.15) is 5.01 Å². The van der Waals surface area contributed by atoms with E-state index in [9.17, 15) is 0 Å². The van der Waals surface area contributed by atoms with Crippen LogP contribution in [-0.4, -0.2) is 14.6 Å². The van der Waals surface area contributed by atoms with Crippen molar-refractivity contribution in [1.82, 2.24) is 14.6 Å². The Balaban J connectivity index is 2.15. The Labute approximate surface area is 99.5 Å². The van der Waals surface area contributed by atoms with Gasteiger partial charge in [-0.25, -0.2) is 9.50 Å². The van der Waals surface area contributed by atoms with E-state index < -0.39 is 0 Å². The zero-order valence-electron chi connectivity index (χ0n) is 9.86. The van der Waals surface area contributed by atoms with Gasteiger partial charge in [0.05, 0.1) is 11.4 Å². The molecule has 0 spiro atoms. The highest BCUT2D eigenvalue weighted by Gasteiger charge is 2.25. The summed E-state index contributed by atoms with van der Waals surface area (Å²) in [5.41, 5.74) is 2.71. The minimum Gasteiger partial charge on any atom is -0.222 e. The molecule has 0 bridgehead atoms. The predicted molar refractivity (Wildman–Crippen MR) is 66.2 cm³/mol. The topological polar surface area (TPSA) is 30.2 Å². The van der Waals surface area contributed by atoms with Crippen LogP contribution >= 0.6 is 11.3 Å². The van der Waals surface area contributed by atoms with Crippen LogP contribution in [0.15, 0.2) is 0 Å². The molecule has 0 saturated heterocycles. The van der Waals surface area contributed by atoms with Gasteiger partial charge in [-0.15, -0.1) is 0 Å². The van der Waals surface area contributed by atoms with E-state index >= 15 is 0 Å². The number of fused-ring (bicyclic) bond motifs is 3. The first-order chi connectivity index (χ1) is 7.83. The largest absolute Gasteiger partial charge is 0.222 e. The molecule has 0 saturated carbocycles. The molecule has 2 aromatic rings. The van der Waals surface area contributed by atoms with E-state index in [1.807, 2.05) is 0 Å². The van der Waals surface area contributed by atoms with Crippen molar-refractivity contribution in [3.05, 3.63) is 16.4 Å². The molecule has 0 radical (unpaired) electrons. The summed E-state index contributed by atoms with van der Waals surface area (Å²) in [5.74, 6) is 0.669. The minimum atomic E-state index is 0.669. The molecule has 1 unspecified atom stereocenters. The number of hydrogen-bond donors (Lipinski definition) is 0. The molecule has 2 aromatic heterocycles. The van der Waals surface area contributed by atoms with Crippen molar-refractivity contribution in [2.75, 3.05) is 0 Å². The summed E-state index contributed by atoms with van der Waals surface area (Å²) in [7, 11) is 0. The molecule has 0 aromatic carbocycles. The van der Waals surface area contributed by atoms with E-state index in [-0.39, 0.29) is 0 Å². The zero-order chi connectivity index (χ0) is 11.1. The Morgan fingerprint density at radius 1 is 1.44 bits per heavy atom. The summed E-state index contributed by atoms with van der Waals surface area (Å²) >= 11 is 1.74. The van der Waals surface area contributed by atoms with Crippen molar-refractivity contribution in [2.24, 2.45) is 0 Å². The molecule has 3 nitrogen and oxygen atoms in total. The normalized spacial score (nSPS) is 20.2. The Hall–Kier alpha value is -0.900. The third kappa shape index (κ3) is 1.39. The van der Waals surface area contributed by atoms with Gasteiger partial charge in [-0.1, -0.05) is 25.2 Å². The highest BCUT2D eigenvalue weighted by atomic mass is 32.1. The molecular weight excluding hydrogens is 218 g/mol. The monoisotopic (exact) mass is 235 g/mol. The molecule has 1 atom stereocenters. The van der Waals surface area contributed by atoms with Gasteiger partial charge in [0, 0.05) is 5.92 Å². The molecule has 3 rings (SSSR count). The molecule has 86 valence electrons. The molecule has 4 heteroatoms. The molecule has 2 heterocycles. The SMILES string of the molecule is CCc1nn2c3c(nc2s1)C(CC)CCC3. The smallest absolute Gasteiger partial charge is 0.212 e. The van der Waals surface area contributed by atoms with Gasteiger partial charge in [0.15, 0.2) is 0 Å². The van der Waals surface area contributed by atoms with Crippen LogP contribution in [-0.2, 0) is 12.8 Å². The lowest BCUT2D eigenvalue weighted by Crippen LogP contribution is -2.10. The Morgan fingerprint density at radius 2 is 2.31 bits per heavy atom. The van der Waals surface area contributed by atoms with Crippen molar-refractivity contribution in [3.63, 3.8) is 0 Å². The second-order valence-electron chi connectivity index (χ2n) is 4.48. The zero-order valence-corrected chi connectivity index (χ0v) is 10.7. The summed E-state index contributed by atoms with van der Waals surface area (Å²) < 4.78 is 2.10. The molecule has 1 aliphatic carbocycles.